The van der Waals surface area contributed by atoms with E-state index in [9.17, 15) is 0 Å². The molecule has 0 saturated heterocycles. The molecule has 1 fully saturated rings. The molecule has 0 aromatic heterocycles. The summed E-state index contributed by atoms with van der Waals surface area (Å²) in [6.45, 7) is 6.96. The molecule has 1 aliphatic carbocycles. The van der Waals surface area contributed by atoms with E-state index >= 15 is 0 Å². The molecular weight excluding hydrogens is 206 g/mol. The molecule has 1 aromatic rings. The minimum atomic E-state index is 0.665. The van der Waals surface area contributed by atoms with Crippen molar-refractivity contribution in [1.82, 2.24) is 0 Å². The summed E-state index contributed by atoms with van der Waals surface area (Å²) in [6, 6.07) is 9.59. The Bertz CT molecular complexity index is 341. The first-order chi connectivity index (χ1) is 8.19. The van der Waals surface area contributed by atoms with Crippen LogP contribution in [0.5, 0.6) is 0 Å². The van der Waals surface area contributed by atoms with Gasteiger partial charge in [0.2, 0.25) is 0 Å². The third kappa shape index (κ3) is 3.24. The van der Waals surface area contributed by atoms with Crippen molar-refractivity contribution in [3.8, 4) is 0 Å². The molecule has 1 aromatic carbocycles. The highest BCUT2D eigenvalue weighted by Gasteiger charge is 2.24. The number of rotatable bonds is 3. The van der Waals surface area contributed by atoms with E-state index in [-0.39, 0.29) is 0 Å². The second-order valence-electron chi connectivity index (χ2n) is 5.70. The summed E-state index contributed by atoms with van der Waals surface area (Å²) in [7, 11) is 0. The summed E-state index contributed by atoms with van der Waals surface area (Å²) < 4.78 is 0. The first kappa shape index (κ1) is 12.5. The molecule has 1 saturated carbocycles. The maximum absolute atomic E-state index is 3.70. The Morgan fingerprint density at radius 1 is 1.12 bits per heavy atom. The molecule has 0 heterocycles. The van der Waals surface area contributed by atoms with Crippen LogP contribution in [-0.2, 0) is 6.42 Å². The Balaban J connectivity index is 1.95. The van der Waals surface area contributed by atoms with Crippen LogP contribution in [0.15, 0.2) is 24.3 Å². The van der Waals surface area contributed by atoms with Crippen LogP contribution in [0.4, 0.5) is 5.69 Å². The van der Waals surface area contributed by atoms with Crippen LogP contribution in [-0.4, -0.2) is 6.04 Å². The summed E-state index contributed by atoms with van der Waals surface area (Å²) >= 11 is 0. The van der Waals surface area contributed by atoms with E-state index in [0.29, 0.717) is 6.04 Å². The normalized spacial score (nSPS) is 29.0. The van der Waals surface area contributed by atoms with Gasteiger partial charge >= 0.3 is 0 Å². The largest absolute Gasteiger partial charge is 0.382 e. The van der Waals surface area contributed by atoms with Gasteiger partial charge in [0.05, 0.1) is 0 Å². The molecule has 0 bridgehead atoms. The van der Waals surface area contributed by atoms with Crippen LogP contribution >= 0.6 is 0 Å². The van der Waals surface area contributed by atoms with E-state index in [0.717, 1.165) is 18.3 Å². The lowest BCUT2D eigenvalue weighted by Gasteiger charge is -2.33. The number of nitrogens with one attached hydrogen (secondary N) is 1. The van der Waals surface area contributed by atoms with E-state index in [1.165, 1.54) is 30.5 Å². The molecule has 94 valence electrons. The third-order valence-corrected chi connectivity index (χ3v) is 4.15. The number of hydrogen-bond donors (Lipinski definition) is 1. The molecule has 1 N–H and O–H groups in total. The SMILES string of the molecule is CCc1ccc(NC2CCC(C)CC2C)cc1. The van der Waals surface area contributed by atoms with Crippen molar-refractivity contribution in [3.05, 3.63) is 29.8 Å². The number of aryl methyl sites for hydroxylation is 1. The fourth-order valence-corrected chi connectivity index (χ4v) is 2.93. The molecule has 2 rings (SSSR count). The highest BCUT2D eigenvalue weighted by molar-refractivity contribution is 5.45. The van der Waals surface area contributed by atoms with E-state index < -0.39 is 0 Å². The van der Waals surface area contributed by atoms with Crippen LogP contribution in [0.1, 0.15) is 45.6 Å². The minimum Gasteiger partial charge on any atom is -0.382 e. The van der Waals surface area contributed by atoms with Gasteiger partial charge in [-0.3, -0.25) is 0 Å². The Labute approximate surface area is 106 Å². The number of benzene rings is 1. The lowest BCUT2D eigenvalue weighted by atomic mass is 9.80. The summed E-state index contributed by atoms with van der Waals surface area (Å²) in [5, 5.41) is 3.70. The Morgan fingerprint density at radius 2 is 1.82 bits per heavy atom. The zero-order chi connectivity index (χ0) is 12.3. The molecule has 1 heteroatoms. The number of anilines is 1. The zero-order valence-corrected chi connectivity index (χ0v) is 11.4. The van der Waals surface area contributed by atoms with Crippen LogP contribution in [0.3, 0.4) is 0 Å². The minimum absolute atomic E-state index is 0.665. The highest BCUT2D eigenvalue weighted by Crippen LogP contribution is 2.30. The van der Waals surface area contributed by atoms with Crippen molar-refractivity contribution < 1.29 is 0 Å². The van der Waals surface area contributed by atoms with Gasteiger partial charge in [0, 0.05) is 11.7 Å². The van der Waals surface area contributed by atoms with Gasteiger partial charge in [-0.25, -0.2) is 0 Å². The topological polar surface area (TPSA) is 12.0 Å². The number of hydrogen-bond acceptors (Lipinski definition) is 1. The predicted molar refractivity (Wildman–Crippen MR) is 75.4 cm³/mol. The molecular formula is C16H25N. The lowest BCUT2D eigenvalue weighted by Crippen LogP contribution is -2.32. The van der Waals surface area contributed by atoms with Gasteiger partial charge in [0.25, 0.3) is 0 Å². The van der Waals surface area contributed by atoms with Crippen LogP contribution in [0, 0.1) is 11.8 Å². The first-order valence-electron chi connectivity index (χ1n) is 7.04. The predicted octanol–water partition coefficient (Wildman–Crippen LogP) is 4.49. The molecule has 17 heavy (non-hydrogen) atoms. The van der Waals surface area contributed by atoms with Crippen LogP contribution in [0.2, 0.25) is 0 Å². The molecule has 3 atom stereocenters. The van der Waals surface area contributed by atoms with E-state index in [4.69, 9.17) is 0 Å². The standard InChI is InChI=1S/C16H25N/c1-4-14-6-8-15(9-7-14)17-16-10-5-12(2)11-13(16)3/h6-9,12-13,16-17H,4-5,10-11H2,1-3H3. The average Bonchev–Trinajstić information content (AvgIpc) is 2.34. The van der Waals surface area contributed by atoms with Crippen molar-refractivity contribution in [2.24, 2.45) is 11.8 Å². The molecule has 0 aliphatic heterocycles. The van der Waals surface area contributed by atoms with Crippen molar-refractivity contribution in [2.45, 2.75) is 52.5 Å². The Hall–Kier alpha value is -0.980. The smallest absolute Gasteiger partial charge is 0.0342 e. The van der Waals surface area contributed by atoms with Crippen LogP contribution < -0.4 is 5.32 Å². The molecule has 1 nitrogen and oxygen atoms in total. The average molecular weight is 231 g/mol. The second-order valence-corrected chi connectivity index (χ2v) is 5.70. The summed E-state index contributed by atoms with van der Waals surface area (Å²) in [6.07, 6.45) is 5.18. The fourth-order valence-electron chi connectivity index (χ4n) is 2.93. The molecule has 1 aliphatic rings. The van der Waals surface area contributed by atoms with Gasteiger partial charge < -0.3 is 5.32 Å². The third-order valence-electron chi connectivity index (χ3n) is 4.15. The zero-order valence-electron chi connectivity index (χ0n) is 11.4. The lowest BCUT2D eigenvalue weighted by molar-refractivity contribution is 0.276. The maximum atomic E-state index is 3.70. The molecule has 3 unspecified atom stereocenters. The summed E-state index contributed by atoms with van der Waals surface area (Å²) in [5.74, 6) is 1.70. The second kappa shape index (κ2) is 5.57. The molecule has 0 amide bonds. The fraction of sp³-hybridized carbons (Fsp3) is 0.625. The van der Waals surface area contributed by atoms with Gasteiger partial charge in [-0.15, -0.1) is 0 Å². The monoisotopic (exact) mass is 231 g/mol. The van der Waals surface area contributed by atoms with Gasteiger partial charge in [0.15, 0.2) is 0 Å². The Morgan fingerprint density at radius 3 is 2.41 bits per heavy atom. The van der Waals surface area contributed by atoms with Crippen LogP contribution in [0.25, 0.3) is 0 Å². The van der Waals surface area contributed by atoms with Crippen molar-refractivity contribution in [3.63, 3.8) is 0 Å². The van der Waals surface area contributed by atoms with Gasteiger partial charge in [-0.05, 0) is 55.2 Å². The van der Waals surface area contributed by atoms with Gasteiger partial charge in [-0.2, -0.15) is 0 Å². The van der Waals surface area contributed by atoms with Crippen molar-refractivity contribution in [1.29, 1.82) is 0 Å². The van der Waals surface area contributed by atoms with E-state index in [1.54, 1.807) is 0 Å². The van der Waals surface area contributed by atoms with Gasteiger partial charge in [0.1, 0.15) is 0 Å². The molecule has 0 radical (unpaired) electrons. The highest BCUT2D eigenvalue weighted by atomic mass is 14.9. The maximum Gasteiger partial charge on any atom is 0.0342 e. The summed E-state index contributed by atoms with van der Waals surface area (Å²) in [4.78, 5) is 0. The van der Waals surface area contributed by atoms with Gasteiger partial charge in [-0.1, -0.05) is 32.9 Å². The first-order valence-corrected chi connectivity index (χ1v) is 7.04. The van der Waals surface area contributed by atoms with E-state index in [2.05, 4.69) is 50.4 Å². The van der Waals surface area contributed by atoms with Crippen molar-refractivity contribution >= 4 is 5.69 Å². The Kier molecular flexibility index (Phi) is 4.09. The summed E-state index contributed by atoms with van der Waals surface area (Å²) in [5.41, 5.74) is 2.70. The van der Waals surface area contributed by atoms with Crippen molar-refractivity contribution in [2.75, 3.05) is 5.32 Å². The quantitative estimate of drug-likeness (QED) is 0.808. The van der Waals surface area contributed by atoms with E-state index in [1.807, 2.05) is 0 Å². The molecule has 0 spiro atoms.